The molecule has 5 aromatic rings. The van der Waals surface area contributed by atoms with Crippen molar-refractivity contribution in [2.45, 2.75) is 50.5 Å². The monoisotopic (exact) mass is 700 g/mol. The average Bonchev–Trinajstić information content (AvgIpc) is 3.43. The fourth-order valence-corrected chi connectivity index (χ4v) is 7.54. The van der Waals surface area contributed by atoms with E-state index in [9.17, 15) is 28.6 Å². The topological polar surface area (TPSA) is 142 Å². The number of nitrogens with zero attached hydrogens (tertiary/aromatic N) is 7. The number of halogens is 2. The first-order chi connectivity index (χ1) is 24.4. The van der Waals surface area contributed by atoms with Crippen LogP contribution in [0, 0.1) is 0 Å². The Morgan fingerprint density at radius 1 is 1.08 bits per heavy atom. The molecule has 0 amide bonds. The summed E-state index contributed by atoms with van der Waals surface area (Å²) in [5, 5.41) is 25.0. The highest BCUT2D eigenvalue weighted by Gasteiger charge is 2.40. The Bertz CT molecular complexity index is 2260. The molecule has 15 heteroatoms. The average molecular weight is 701 g/mol. The second kappa shape index (κ2) is 12.4. The van der Waals surface area contributed by atoms with Gasteiger partial charge in [-0.05, 0) is 54.8 Å². The predicted octanol–water partition coefficient (Wildman–Crippen LogP) is 2.84. The molecule has 3 aliphatic rings. The van der Waals surface area contributed by atoms with Crippen molar-refractivity contribution in [2.24, 2.45) is 7.05 Å². The van der Waals surface area contributed by atoms with E-state index in [4.69, 9.17) is 4.74 Å². The van der Waals surface area contributed by atoms with Crippen molar-refractivity contribution in [3.8, 4) is 16.9 Å². The van der Waals surface area contributed by atoms with Crippen molar-refractivity contribution in [1.82, 2.24) is 28.4 Å². The van der Waals surface area contributed by atoms with Gasteiger partial charge in [0.05, 0.1) is 37.7 Å². The van der Waals surface area contributed by atoms with E-state index >= 15 is 0 Å². The van der Waals surface area contributed by atoms with Crippen molar-refractivity contribution < 1.29 is 23.7 Å². The van der Waals surface area contributed by atoms with Crippen LogP contribution in [-0.4, -0.2) is 89.2 Å². The molecule has 5 aromatic heterocycles. The standard InChI is InChI=1S/C36H38F2N8O5/c1-35(50)21-43(25-19-51-20-25)9-12-46(35)24-3-4-31(40-16-24)41-28-13-23(17-42(2)33(28)48)26-6-8-39-32(27(26)18-47)45-11-10-44-29-5-7-36(37,38)15-22(29)14-30(44)34(45)49/h3-4,6,8,10-11,13-14,16-17,25,47,50H,5,7,9,12,15,18-21H2,1-2H3,(H,40,41)/t35-/m0/s1. The van der Waals surface area contributed by atoms with Gasteiger partial charge in [-0.25, -0.2) is 18.7 Å². The van der Waals surface area contributed by atoms with Gasteiger partial charge in [0.2, 0.25) is 0 Å². The Morgan fingerprint density at radius 2 is 1.90 bits per heavy atom. The van der Waals surface area contributed by atoms with Crippen LogP contribution in [0.15, 0.2) is 70.9 Å². The van der Waals surface area contributed by atoms with Gasteiger partial charge in [-0.1, -0.05) is 0 Å². The summed E-state index contributed by atoms with van der Waals surface area (Å²) >= 11 is 0. The lowest BCUT2D eigenvalue weighted by Gasteiger charge is -2.50. The Hall–Kier alpha value is -4.96. The molecule has 2 saturated heterocycles. The number of aliphatic hydroxyl groups excluding tert-OH is 1. The molecule has 2 fully saturated rings. The molecule has 0 aromatic carbocycles. The highest BCUT2D eigenvalue weighted by Crippen LogP contribution is 2.35. The molecule has 0 spiro atoms. The number of fused-ring (bicyclic) bond motifs is 3. The van der Waals surface area contributed by atoms with Gasteiger partial charge >= 0.3 is 0 Å². The first-order valence-corrected chi connectivity index (χ1v) is 16.9. The van der Waals surface area contributed by atoms with E-state index in [1.165, 1.54) is 27.6 Å². The number of anilines is 3. The summed E-state index contributed by atoms with van der Waals surface area (Å²) in [4.78, 5) is 40.2. The van der Waals surface area contributed by atoms with Crippen molar-refractivity contribution in [3.05, 3.63) is 98.8 Å². The quantitative estimate of drug-likeness (QED) is 0.232. The normalized spacial score (nSPS) is 20.7. The lowest BCUT2D eigenvalue weighted by molar-refractivity contribution is -0.101. The van der Waals surface area contributed by atoms with E-state index < -0.39 is 30.2 Å². The number of hydrogen-bond acceptors (Lipinski definition) is 10. The second-order valence-electron chi connectivity index (χ2n) is 13.8. The number of β-amino-alcohol motifs (C(OH)–C–C–N with tert-alkyl or cyclic N) is 1. The Kier molecular flexibility index (Phi) is 8.05. The summed E-state index contributed by atoms with van der Waals surface area (Å²) in [5.74, 6) is -2.21. The fourth-order valence-electron chi connectivity index (χ4n) is 7.54. The summed E-state index contributed by atoms with van der Waals surface area (Å²) in [6, 6.07) is 8.78. The van der Waals surface area contributed by atoms with Gasteiger partial charge in [-0.3, -0.25) is 19.1 Å². The molecule has 0 bridgehead atoms. The van der Waals surface area contributed by atoms with E-state index in [0.29, 0.717) is 66.1 Å². The van der Waals surface area contributed by atoms with Gasteiger partial charge in [0.25, 0.3) is 17.0 Å². The third-order valence-corrected chi connectivity index (χ3v) is 10.3. The van der Waals surface area contributed by atoms with Crippen LogP contribution in [0.5, 0.6) is 0 Å². The first kappa shape index (κ1) is 33.2. The third kappa shape index (κ3) is 5.89. The van der Waals surface area contributed by atoms with E-state index in [0.717, 1.165) is 12.2 Å². The number of alkyl halides is 2. The SMILES string of the molecule is Cn1cc(-c2ccnc(-n3ccn4c5c(cc4c3=O)CC(F)(F)CC5)c2CO)cc(Nc2ccc(N3CCN(C4COC4)C[C@]3(C)O)cn2)c1=O. The van der Waals surface area contributed by atoms with Gasteiger partial charge in [-0.15, -0.1) is 0 Å². The third-order valence-electron chi connectivity index (χ3n) is 10.3. The largest absolute Gasteiger partial charge is 0.392 e. The molecule has 3 N–H and O–H groups in total. The molecule has 8 rings (SSSR count). The maximum absolute atomic E-state index is 14.1. The zero-order chi connectivity index (χ0) is 35.7. The van der Waals surface area contributed by atoms with Gasteiger partial charge < -0.3 is 34.1 Å². The van der Waals surface area contributed by atoms with E-state index in [2.05, 4.69) is 20.2 Å². The molecule has 51 heavy (non-hydrogen) atoms. The van der Waals surface area contributed by atoms with Gasteiger partial charge in [-0.2, -0.15) is 0 Å². The molecule has 0 unspecified atom stereocenters. The number of aromatic nitrogens is 5. The maximum atomic E-state index is 14.1. The van der Waals surface area contributed by atoms with Crippen LogP contribution in [0.4, 0.5) is 26.0 Å². The van der Waals surface area contributed by atoms with Crippen molar-refractivity contribution in [3.63, 3.8) is 0 Å². The number of ether oxygens (including phenoxy) is 1. The van der Waals surface area contributed by atoms with E-state index in [1.54, 1.807) is 55.2 Å². The molecule has 0 radical (unpaired) electrons. The number of pyridine rings is 3. The minimum absolute atomic E-state index is 0.161. The zero-order valence-electron chi connectivity index (χ0n) is 28.2. The highest BCUT2D eigenvalue weighted by molar-refractivity contribution is 5.73. The van der Waals surface area contributed by atoms with Crippen LogP contribution in [-0.2, 0) is 31.2 Å². The van der Waals surface area contributed by atoms with Gasteiger partial charge in [0.1, 0.15) is 28.6 Å². The molecule has 1 atom stereocenters. The number of nitrogens with one attached hydrogen (secondary N) is 1. The van der Waals surface area contributed by atoms with Gasteiger partial charge in [0, 0.05) is 81.1 Å². The minimum Gasteiger partial charge on any atom is -0.392 e. The number of hydrogen-bond donors (Lipinski definition) is 3. The Balaban J connectivity index is 1.08. The van der Waals surface area contributed by atoms with E-state index in [1.807, 2.05) is 11.0 Å². The maximum Gasteiger partial charge on any atom is 0.280 e. The van der Waals surface area contributed by atoms with Crippen LogP contribution < -0.4 is 21.3 Å². The molecule has 1 aliphatic carbocycles. The van der Waals surface area contributed by atoms with Crippen molar-refractivity contribution in [1.29, 1.82) is 0 Å². The fraction of sp³-hybridized carbons (Fsp3) is 0.389. The summed E-state index contributed by atoms with van der Waals surface area (Å²) < 4.78 is 38.0. The number of aryl methyl sites for hydroxylation is 2. The molecular formula is C36H38F2N8O5. The lowest BCUT2D eigenvalue weighted by Crippen LogP contribution is -2.65. The van der Waals surface area contributed by atoms with Crippen molar-refractivity contribution in [2.75, 3.05) is 43.1 Å². The van der Waals surface area contributed by atoms with Crippen LogP contribution in [0.2, 0.25) is 0 Å². The first-order valence-electron chi connectivity index (χ1n) is 16.9. The molecule has 0 saturated carbocycles. The number of piperazine rings is 1. The molecule has 266 valence electrons. The molecule has 2 aliphatic heterocycles. The summed E-state index contributed by atoms with van der Waals surface area (Å²) in [6.45, 7) is 4.57. The smallest absolute Gasteiger partial charge is 0.280 e. The number of aliphatic hydroxyl groups is 2. The van der Waals surface area contributed by atoms with Crippen LogP contribution in [0.1, 0.15) is 30.2 Å². The highest BCUT2D eigenvalue weighted by atomic mass is 19.3. The van der Waals surface area contributed by atoms with Gasteiger partial charge in [0.15, 0.2) is 0 Å². The van der Waals surface area contributed by atoms with Crippen LogP contribution in [0.25, 0.3) is 22.5 Å². The van der Waals surface area contributed by atoms with Crippen LogP contribution >= 0.6 is 0 Å². The van der Waals surface area contributed by atoms with Crippen LogP contribution in [0.3, 0.4) is 0 Å². The molecular weight excluding hydrogens is 662 g/mol. The Labute approximate surface area is 291 Å². The summed E-state index contributed by atoms with van der Waals surface area (Å²) in [5.41, 5.74) is 1.97. The second-order valence-corrected chi connectivity index (χ2v) is 13.8. The minimum atomic E-state index is -2.82. The molecule has 13 nitrogen and oxygen atoms in total. The van der Waals surface area contributed by atoms with E-state index in [-0.39, 0.29) is 35.4 Å². The Morgan fingerprint density at radius 3 is 2.61 bits per heavy atom. The lowest BCUT2D eigenvalue weighted by atomic mass is 9.94. The summed E-state index contributed by atoms with van der Waals surface area (Å²) in [6.07, 6.45) is 7.46. The zero-order valence-corrected chi connectivity index (χ0v) is 28.2. The van der Waals surface area contributed by atoms with Crippen molar-refractivity contribution >= 4 is 22.7 Å². The number of rotatable bonds is 7. The predicted molar refractivity (Wildman–Crippen MR) is 186 cm³/mol. The molecule has 7 heterocycles. The summed E-state index contributed by atoms with van der Waals surface area (Å²) in [7, 11) is 1.61.